The van der Waals surface area contributed by atoms with E-state index < -0.39 is 10.0 Å². The van der Waals surface area contributed by atoms with Crippen molar-refractivity contribution in [3.63, 3.8) is 0 Å². The summed E-state index contributed by atoms with van der Waals surface area (Å²) in [5.41, 5.74) is 1.03. The summed E-state index contributed by atoms with van der Waals surface area (Å²) in [7, 11) is -3.47. The smallest absolute Gasteiger partial charge is 0.244 e. The predicted octanol–water partition coefficient (Wildman–Crippen LogP) is 3.93. The molecule has 1 aliphatic rings. The van der Waals surface area contributed by atoms with Crippen LogP contribution in [0.2, 0.25) is 0 Å². The molecular formula is C22H23N3O3S3. The molecule has 1 aromatic carbocycles. The van der Waals surface area contributed by atoms with Crippen molar-refractivity contribution in [2.45, 2.75) is 28.8 Å². The Morgan fingerprint density at radius 2 is 1.87 bits per heavy atom. The second-order valence-electron chi connectivity index (χ2n) is 7.16. The molecular weight excluding hydrogens is 450 g/mol. The second-order valence-corrected chi connectivity index (χ2v) is 11.1. The third-order valence-electron chi connectivity index (χ3n) is 5.03. The number of pyridine rings is 1. The van der Waals surface area contributed by atoms with Crippen LogP contribution in [0.1, 0.15) is 29.3 Å². The van der Waals surface area contributed by atoms with Crippen molar-refractivity contribution >= 4 is 39.0 Å². The fraction of sp³-hybridized carbons (Fsp3) is 0.273. The molecule has 9 heteroatoms. The van der Waals surface area contributed by atoms with Gasteiger partial charge in [-0.2, -0.15) is 4.31 Å². The van der Waals surface area contributed by atoms with Crippen molar-refractivity contribution in [3.05, 3.63) is 76.6 Å². The minimum Gasteiger partial charge on any atom is -0.344 e. The first-order valence-corrected chi connectivity index (χ1v) is 13.3. The van der Waals surface area contributed by atoms with E-state index in [1.165, 1.54) is 22.3 Å². The van der Waals surface area contributed by atoms with Crippen LogP contribution in [-0.2, 0) is 14.8 Å². The lowest BCUT2D eigenvalue weighted by Gasteiger charge is -2.18. The average Bonchev–Trinajstić information content (AvgIpc) is 3.52. The van der Waals surface area contributed by atoms with Gasteiger partial charge in [-0.05, 0) is 42.0 Å². The maximum absolute atomic E-state index is 12.6. The van der Waals surface area contributed by atoms with E-state index in [0.717, 1.165) is 23.3 Å². The molecule has 1 N–H and O–H groups in total. The Labute approximate surface area is 190 Å². The van der Waals surface area contributed by atoms with Gasteiger partial charge in [0.15, 0.2) is 0 Å². The van der Waals surface area contributed by atoms with Crippen LogP contribution >= 0.6 is 23.1 Å². The zero-order valence-corrected chi connectivity index (χ0v) is 19.3. The number of sulfonamides is 1. The molecule has 1 saturated heterocycles. The summed E-state index contributed by atoms with van der Waals surface area (Å²) in [5, 5.41) is 5.71. The monoisotopic (exact) mass is 473 g/mol. The van der Waals surface area contributed by atoms with E-state index in [-0.39, 0.29) is 22.6 Å². The normalized spacial score (nSPS) is 15.6. The molecule has 1 aliphatic heterocycles. The van der Waals surface area contributed by atoms with Crippen LogP contribution in [0.15, 0.2) is 76.1 Å². The number of thiophene rings is 1. The first kappa shape index (κ1) is 22.0. The maximum atomic E-state index is 12.6. The van der Waals surface area contributed by atoms with Crippen LogP contribution in [0, 0.1) is 0 Å². The molecule has 3 aromatic rings. The largest absolute Gasteiger partial charge is 0.344 e. The van der Waals surface area contributed by atoms with E-state index >= 15 is 0 Å². The van der Waals surface area contributed by atoms with Gasteiger partial charge in [0.05, 0.1) is 16.8 Å². The standard InChI is InChI=1S/C22H23N3O3S3/c26-20(24-22(19-9-6-14-29-19)17-7-2-1-3-8-17)16-30-21-11-10-18(15-23-21)31(27,28)25-12-4-5-13-25/h1-3,6-11,14-15,22H,4-5,12-13,16H2,(H,24,26). The molecule has 4 rings (SSSR count). The van der Waals surface area contributed by atoms with Crippen molar-refractivity contribution in [2.75, 3.05) is 18.8 Å². The van der Waals surface area contributed by atoms with Gasteiger partial charge in [0.25, 0.3) is 0 Å². The first-order valence-electron chi connectivity index (χ1n) is 10.0. The van der Waals surface area contributed by atoms with E-state index in [2.05, 4.69) is 10.3 Å². The van der Waals surface area contributed by atoms with E-state index in [1.807, 2.05) is 47.8 Å². The molecule has 162 valence electrons. The van der Waals surface area contributed by atoms with Crippen LogP contribution in [-0.4, -0.2) is 42.5 Å². The number of thioether (sulfide) groups is 1. The lowest BCUT2D eigenvalue weighted by Crippen LogP contribution is -2.30. The number of amides is 1. The van der Waals surface area contributed by atoms with Gasteiger partial charge in [0.1, 0.15) is 4.90 Å². The number of carbonyl (C=O) groups is 1. The first-order chi connectivity index (χ1) is 15.0. The molecule has 31 heavy (non-hydrogen) atoms. The molecule has 0 bridgehead atoms. The van der Waals surface area contributed by atoms with Crippen LogP contribution < -0.4 is 5.32 Å². The highest BCUT2D eigenvalue weighted by atomic mass is 32.2. The van der Waals surface area contributed by atoms with Crippen LogP contribution in [0.4, 0.5) is 0 Å². The minimum absolute atomic E-state index is 0.109. The number of rotatable bonds is 8. The van der Waals surface area contributed by atoms with E-state index in [0.29, 0.717) is 18.1 Å². The summed E-state index contributed by atoms with van der Waals surface area (Å²) >= 11 is 2.89. The molecule has 1 fully saturated rings. The fourth-order valence-corrected chi connectivity index (χ4v) is 6.36. The van der Waals surface area contributed by atoms with Crippen molar-refractivity contribution in [2.24, 2.45) is 0 Å². The van der Waals surface area contributed by atoms with Gasteiger partial charge >= 0.3 is 0 Å². The number of hydrogen-bond acceptors (Lipinski definition) is 6. The van der Waals surface area contributed by atoms with E-state index in [4.69, 9.17) is 0 Å². The summed E-state index contributed by atoms with van der Waals surface area (Å²) in [6.07, 6.45) is 3.17. The van der Waals surface area contributed by atoms with Crippen molar-refractivity contribution in [3.8, 4) is 0 Å². The highest BCUT2D eigenvalue weighted by Crippen LogP contribution is 2.27. The third kappa shape index (κ3) is 5.35. The quantitative estimate of drug-likeness (QED) is 0.502. The van der Waals surface area contributed by atoms with Crippen molar-refractivity contribution in [1.29, 1.82) is 0 Å². The molecule has 0 spiro atoms. The van der Waals surface area contributed by atoms with Gasteiger partial charge in [0.2, 0.25) is 15.9 Å². The average molecular weight is 474 g/mol. The number of nitrogens with zero attached hydrogens (tertiary/aromatic N) is 2. The maximum Gasteiger partial charge on any atom is 0.244 e. The van der Waals surface area contributed by atoms with Gasteiger partial charge < -0.3 is 5.32 Å². The fourth-order valence-electron chi connectivity index (χ4n) is 3.44. The van der Waals surface area contributed by atoms with Crippen LogP contribution in [0.25, 0.3) is 0 Å². The molecule has 2 aromatic heterocycles. The summed E-state index contributed by atoms with van der Waals surface area (Å²) in [5.74, 6) is 0.0859. The lowest BCUT2D eigenvalue weighted by atomic mass is 10.1. The molecule has 0 aliphatic carbocycles. The van der Waals surface area contributed by atoms with Crippen molar-refractivity contribution in [1.82, 2.24) is 14.6 Å². The Morgan fingerprint density at radius 1 is 1.10 bits per heavy atom. The van der Waals surface area contributed by atoms with Gasteiger partial charge in [-0.3, -0.25) is 4.79 Å². The molecule has 1 atom stereocenters. The summed E-state index contributed by atoms with van der Waals surface area (Å²) in [4.78, 5) is 18.2. The van der Waals surface area contributed by atoms with E-state index in [9.17, 15) is 13.2 Å². The molecule has 0 saturated carbocycles. The Balaban J connectivity index is 1.38. The Bertz CT molecular complexity index is 1100. The van der Waals surface area contributed by atoms with Crippen LogP contribution in [0.3, 0.4) is 0 Å². The molecule has 6 nitrogen and oxygen atoms in total. The summed E-state index contributed by atoms with van der Waals surface area (Å²) in [6, 6.07) is 16.9. The number of carbonyl (C=O) groups excluding carboxylic acids is 1. The van der Waals surface area contributed by atoms with Crippen molar-refractivity contribution < 1.29 is 13.2 Å². The lowest BCUT2D eigenvalue weighted by molar-refractivity contribution is -0.119. The number of aromatic nitrogens is 1. The van der Waals surface area contributed by atoms with Gasteiger partial charge in [-0.1, -0.05) is 48.2 Å². The minimum atomic E-state index is -3.47. The summed E-state index contributed by atoms with van der Waals surface area (Å²) in [6.45, 7) is 1.12. The topological polar surface area (TPSA) is 79.4 Å². The van der Waals surface area contributed by atoms with Crippen LogP contribution in [0.5, 0.6) is 0 Å². The molecule has 3 heterocycles. The molecule has 1 amide bonds. The van der Waals surface area contributed by atoms with Gasteiger partial charge in [-0.25, -0.2) is 13.4 Å². The SMILES string of the molecule is O=C(CSc1ccc(S(=O)(=O)N2CCCC2)cn1)NC(c1ccccc1)c1cccs1. The number of benzene rings is 1. The molecule has 1 unspecified atom stereocenters. The predicted molar refractivity (Wildman–Crippen MR) is 124 cm³/mol. The Kier molecular flexibility index (Phi) is 7.06. The highest BCUT2D eigenvalue weighted by molar-refractivity contribution is 7.99. The van der Waals surface area contributed by atoms with Gasteiger partial charge in [0, 0.05) is 24.2 Å². The Morgan fingerprint density at radius 3 is 2.52 bits per heavy atom. The highest BCUT2D eigenvalue weighted by Gasteiger charge is 2.27. The Hall–Kier alpha value is -2.20. The number of nitrogens with one attached hydrogen (secondary N) is 1. The zero-order chi connectivity index (χ0) is 21.7. The summed E-state index contributed by atoms with van der Waals surface area (Å²) < 4.78 is 26.7. The van der Waals surface area contributed by atoms with Gasteiger partial charge in [-0.15, -0.1) is 11.3 Å². The third-order valence-corrected chi connectivity index (χ3v) is 8.79. The zero-order valence-electron chi connectivity index (χ0n) is 16.8. The molecule has 0 radical (unpaired) electrons. The van der Waals surface area contributed by atoms with E-state index in [1.54, 1.807) is 23.5 Å². The number of hydrogen-bond donors (Lipinski definition) is 1. The second kappa shape index (κ2) is 9.95.